The van der Waals surface area contributed by atoms with Gasteiger partial charge in [0.25, 0.3) is 0 Å². The fraction of sp³-hybridized carbons (Fsp3) is 0.0625. The number of anilines is 1. The predicted molar refractivity (Wildman–Crippen MR) is 87.2 cm³/mol. The molecular weight excluding hydrogens is 360 g/mol. The van der Waals surface area contributed by atoms with E-state index >= 15 is 0 Å². The highest BCUT2D eigenvalue weighted by atomic mass is 35.5. The highest BCUT2D eigenvalue weighted by Crippen LogP contribution is 2.33. The van der Waals surface area contributed by atoms with Crippen molar-refractivity contribution in [2.45, 2.75) is 6.18 Å². The summed E-state index contributed by atoms with van der Waals surface area (Å²) in [6, 6.07) is 10.1. The van der Waals surface area contributed by atoms with Gasteiger partial charge in [0, 0.05) is 5.56 Å². The van der Waals surface area contributed by atoms with Crippen molar-refractivity contribution in [3.05, 3.63) is 64.6 Å². The van der Waals surface area contributed by atoms with Crippen LogP contribution in [-0.4, -0.2) is 16.2 Å². The number of hydrogen-bond acceptors (Lipinski definition) is 4. The second-order valence-electron chi connectivity index (χ2n) is 4.91. The van der Waals surface area contributed by atoms with Crippen LogP contribution in [0.15, 0.2) is 47.6 Å². The molecule has 3 rings (SSSR count). The molecule has 2 aromatic carbocycles. The number of fused-ring (bicyclic) bond motifs is 1. The monoisotopic (exact) mass is 368 g/mol. The summed E-state index contributed by atoms with van der Waals surface area (Å²) < 4.78 is 53.2. The molecule has 0 fully saturated rings. The molecule has 0 amide bonds. The van der Waals surface area contributed by atoms with Gasteiger partial charge in [-0.25, -0.2) is 14.4 Å². The zero-order chi connectivity index (χ0) is 18.0. The molecule has 4 nitrogen and oxygen atoms in total. The number of halogens is 5. The summed E-state index contributed by atoms with van der Waals surface area (Å²) in [6.07, 6.45) is -3.75. The molecule has 25 heavy (non-hydrogen) atoms. The van der Waals surface area contributed by atoms with Gasteiger partial charge in [-0.1, -0.05) is 29.8 Å². The molecule has 1 aromatic heterocycles. The standard InChI is InChI=1S/C16H9ClF4N4/c17-10-4-3-5-11(18)9(10)8-22-25-15-14(16(19,20)21)23-12-6-1-2-7-13(12)24-15/h1-8H,(H,24,25)/b22-8-. The number of rotatable bonds is 3. The van der Waals surface area contributed by atoms with Gasteiger partial charge in [-0.3, -0.25) is 5.43 Å². The number of aromatic nitrogens is 2. The maximum Gasteiger partial charge on any atom is 0.437 e. The normalized spacial score (nSPS) is 12.0. The summed E-state index contributed by atoms with van der Waals surface area (Å²) in [7, 11) is 0. The van der Waals surface area contributed by atoms with Gasteiger partial charge in [0.2, 0.25) is 0 Å². The zero-order valence-electron chi connectivity index (χ0n) is 12.4. The van der Waals surface area contributed by atoms with E-state index in [1.165, 1.54) is 24.3 Å². The summed E-state index contributed by atoms with van der Waals surface area (Å²) in [5.41, 5.74) is 1.25. The van der Waals surface area contributed by atoms with E-state index in [9.17, 15) is 17.6 Å². The van der Waals surface area contributed by atoms with Crippen LogP contribution in [-0.2, 0) is 6.18 Å². The molecule has 9 heteroatoms. The molecule has 128 valence electrons. The van der Waals surface area contributed by atoms with Crippen molar-refractivity contribution in [1.29, 1.82) is 0 Å². The Labute approximate surface area is 144 Å². The van der Waals surface area contributed by atoms with E-state index in [0.717, 1.165) is 12.3 Å². The Bertz CT molecular complexity index is 936. The third-order valence-corrected chi connectivity index (χ3v) is 3.53. The molecule has 1 N–H and O–H groups in total. The molecule has 0 spiro atoms. The first kappa shape index (κ1) is 17.1. The quantitative estimate of drug-likeness (QED) is 0.407. The summed E-state index contributed by atoms with van der Waals surface area (Å²) in [5, 5.41) is 3.69. The van der Waals surface area contributed by atoms with Crippen LogP contribution in [0.25, 0.3) is 11.0 Å². The van der Waals surface area contributed by atoms with Crippen LogP contribution in [0.1, 0.15) is 11.3 Å². The number of benzene rings is 2. The molecule has 0 saturated heterocycles. The lowest BCUT2D eigenvalue weighted by Crippen LogP contribution is -2.13. The average Bonchev–Trinajstić information content (AvgIpc) is 2.56. The lowest BCUT2D eigenvalue weighted by atomic mass is 10.2. The van der Waals surface area contributed by atoms with Crippen LogP contribution in [0.5, 0.6) is 0 Å². The first-order valence-corrected chi connectivity index (χ1v) is 7.31. The molecule has 0 aliphatic heterocycles. The van der Waals surface area contributed by atoms with Crippen LogP contribution < -0.4 is 5.43 Å². The van der Waals surface area contributed by atoms with Crippen molar-refractivity contribution in [1.82, 2.24) is 9.97 Å². The van der Waals surface area contributed by atoms with E-state index in [0.29, 0.717) is 0 Å². The van der Waals surface area contributed by atoms with E-state index in [1.54, 1.807) is 12.1 Å². The van der Waals surface area contributed by atoms with E-state index in [4.69, 9.17) is 11.6 Å². The highest BCUT2D eigenvalue weighted by molar-refractivity contribution is 6.33. The number of hydrogen-bond donors (Lipinski definition) is 1. The van der Waals surface area contributed by atoms with Gasteiger partial charge in [-0.15, -0.1) is 0 Å². The van der Waals surface area contributed by atoms with Gasteiger partial charge < -0.3 is 0 Å². The molecule has 3 aromatic rings. The Hall–Kier alpha value is -2.74. The Kier molecular flexibility index (Phi) is 4.54. The zero-order valence-corrected chi connectivity index (χ0v) is 13.1. The van der Waals surface area contributed by atoms with Crippen molar-refractivity contribution >= 4 is 34.7 Å². The molecular formula is C16H9ClF4N4. The van der Waals surface area contributed by atoms with Gasteiger partial charge in [0.05, 0.1) is 22.3 Å². The van der Waals surface area contributed by atoms with Gasteiger partial charge in [0.1, 0.15) is 5.82 Å². The van der Waals surface area contributed by atoms with Gasteiger partial charge in [-0.2, -0.15) is 18.3 Å². The minimum Gasteiger partial charge on any atom is -0.260 e. The van der Waals surface area contributed by atoms with E-state index < -0.39 is 23.5 Å². The largest absolute Gasteiger partial charge is 0.437 e. The van der Waals surface area contributed by atoms with E-state index in [1.807, 2.05) is 0 Å². The third kappa shape index (κ3) is 3.69. The first-order chi connectivity index (χ1) is 11.9. The molecule has 0 saturated carbocycles. The van der Waals surface area contributed by atoms with Crippen LogP contribution in [0.2, 0.25) is 5.02 Å². The van der Waals surface area contributed by atoms with Crippen LogP contribution in [0.4, 0.5) is 23.4 Å². The van der Waals surface area contributed by atoms with E-state index in [-0.39, 0.29) is 21.6 Å². The topological polar surface area (TPSA) is 50.2 Å². The molecule has 0 radical (unpaired) electrons. The third-order valence-electron chi connectivity index (χ3n) is 3.20. The Morgan fingerprint density at radius 1 is 1.00 bits per heavy atom. The first-order valence-electron chi connectivity index (χ1n) is 6.93. The minimum absolute atomic E-state index is 0.0565. The van der Waals surface area contributed by atoms with Crippen LogP contribution >= 0.6 is 11.6 Å². The number of para-hydroxylation sites is 2. The van der Waals surface area contributed by atoms with Gasteiger partial charge >= 0.3 is 6.18 Å². The van der Waals surface area contributed by atoms with Crippen molar-refractivity contribution in [3.63, 3.8) is 0 Å². The van der Waals surface area contributed by atoms with Crippen molar-refractivity contribution < 1.29 is 17.6 Å². The van der Waals surface area contributed by atoms with Crippen LogP contribution in [0.3, 0.4) is 0 Å². The second kappa shape index (κ2) is 6.64. The molecule has 0 unspecified atom stereocenters. The molecule has 1 heterocycles. The van der Waals surface area contributed by atoms with Crippen molar-refractivity contribution in [3.8, 4) is 0 Å². The molecule has 0 bridgehead atoms. The second-order valence-corrected chi connectivity index (χ2v) is 5.32. The number of nitrogens with one attached hydrogen (secondary N) is 1. The Balaban J connectivity index is 1.99. The highest BCUT2D eigenvalue weighted by Gasteiger charge is 2.37. The fourth-order valence-electron chi connectivity index (χ4n) is 2.07. The number of nitrogens with zero attached hydrogens (tertiary/aromatic N) is 3. The minimum atomic E-state index is -4.73. The van der Waals surface area contributed by atoms with Gasteiger partial charge in [0.15, 0.2) is 11.5 Å². The summed E-state index contributed by atoms with van der Waals surface area (Å²) in [6.45, 7) is 0. The summed E-state index contributed by atoms with van der Waals surface area (Å²) in [4.78, 5) is 7.47. The number of hydrazone groups is 1. The van der Waals surface area contributed by atoms with Crippen LogP contribution in [0, 0.1) is 5.82 Å². The van der Waals surface area contributed by atoms with Crippen molar-refractivity contribution in [2.24, 2.45) is 5.10 Å². The Morgan fingerprint density at radius 3 is 2.32 bits per heavy atom. The molecule has 0 aliphatic carbocycles. The van der Waals surface area contributed by atoms with Crippen molar-refractivity contribution in [2.75, 3.05) is 5.43 Å². The van der Waals surface area contributed by atoms with E-state index in [2.05, 4.69) is 20.5 Å². The maximum atomic E-state index is 13.6. The number of alkyl halides is 3. The Morgan fingerprint density at radius 2 is 1.68 bits per heavy atom. The lowest BCUT2D eigenvalue weighted by molar-refractivity contribution is -0.140. The predicted octanol–water partition coefficient (Wildman–Crippen LogP) is 4.89. The van der Waals surface area contributed by atoms with Gasteiger partial charge in [-0.05, 0) is 24.3 Å². The lowest BCUT2D eigenvalue weighted by Gasteiger charge is -2.11. The molecule has 0 aliphatic rings. The average molecular weight is 369 g/mol. The fourth-order valence-corrected chi connectivity index (χ4v) is 2.28. The SMILES string of the molecule is Fc1cccc(Cl)c1/C=N\Nc1nc2ccccc2nc1C(F)(F)F. The molecule has 0 atom stereocenters. The smallest absolute Gasteiger partial charge is 0.260 e. The summed E-state index contributed by atoms with van der Waals surface area (Å²) in [5.74, 6) is -1.24. The maximum absolute atomic E-state index is 13.6. The summed E-state index contributed by atoms with van der Waals surface area (Å²) >= 11 is 5.83.